The van der Waals surface area contributed by atoms with Crippen LogP contribution in [0.5, 0.6) is 5.75 Å². The number of hydrogen-bond donors (Lipinski definition) is 1. The van der Waals surface area contributed by atoms with Crippen molar-refractivity contribution in [3.63, 3.8) is 0 Å². The zero-order valence-corrected chi connectivity index (χ0v) is 23.1. The first-order valence-corrected chi connectivity index (χ1v) is 13.3. The van der Waals surface area contributed by atoms with E-state index < -0.39 is 0 Å². The minimum absolute atomic E-state index is 0.330. The Morgan fingerprint density at radius 1 is 1.13 bits per heavy atom. The van der Waals surface area contributed by atoms with Crippen LogP contribution in [0.3, 0.4) is 0 Å². The number of carbonyl (C=O) groups excluding carboxylic acids is 1. The maximum absolute atomic E-state index is 13.3. The molecule has 1 N–H and O–H groups in total. The van der Waals surface area contributed by atoms with Gasteiger partial charge in [-0.05, 0) is 60.2 Å². The van der Waals surface area contributed by atoms with Crippen LogP contribution in [0.4, 0.5) is 0 Å². The Balaban J connectivity index is 1.39. The van der Waals surface area contributed by atoms with Gasteiger partial charge in [-0.2, -0.15) is 5.10 Å². The maximum atomic E-state index is 13.3. The van der Waals surface area contributed by atoms with Crippen molar-refractivity contribution in [3.05, 3.63) is 92.9 Å². The number of halogens is 2. The van der Waals surface area contributed by atoms with Gasteiger partial charge in [0.1, 0.15) is 5.75 Å². The van der Waals surface area contributed by atoms with Crippen LogP contribution in [0, 0.1) is 0 Å². The molecule has 1 fully saturated rings. The van der Waals surface area contributed by atoms with Crippen molar-refractivity contribution >= 4 is 50.6 Å². The van der Waals surface area contributed by atoms with E-state index in [0.29, 0.717) is 21.8 Å². The molecule has 5 rings (SSSR count). The molecule has 4 aromatic rings. The van der Waals surface area contributed by atoms with E-state index in [1.165, 1.54) is 0 Å². The van der Waals surface area contributed by atoms with Gasteiger partial charge >= 0.3 is 0 Å². The zero-order valence-electron chi connectivity index (χ0n) is 20.8. The first-order valence-electron chi connectivity index (χ1n) is 12.2. The smallest absolute Gasteiger partial charge is 0.272 e. The Kier molecular flexibility index (Phi) is 8.34. The molecule has 0 aliphatic carbocycles. The van der Waals surface area contributed by atoms with Crippen LogP contribution >= 0.6 is 27.5 Å². The highest BCUT2D eigenvalue weighted by molar-refractivity contribution is 9.10. The number of hydrogen-bond acceptors (Lipinski definition) is 6. The van der Waals surface area contributed by atoms with E-state index in [2.05, 4.69) is 31.4 Å². The molecule has 1 saturated heterocycles. The monoisotopic (exact) mass is 592 g/mol. The van der Waals surface area contributed by atoms with Crippen molar-refractivity contribution in [3.8, 4) is 17.0 Å². The summed E-state index contributed by atoms with van der Waals surface area (Å²) in [6, 6.07) is 20.7. The first-order chi connectivity index (χ1) is 18.5. The average molecular weight is 594 g/mol. The second kappa shape index (κ2) is 12.0. The highest BCUT2D eigenvalue weighted by Crippen LogP contribution is 2.28. The minimum atomic E-state index is -0.330. The second-order valence-electron chi connectivity index (χ2n) is 8.88. The number of pyridine rings is 1. The molecule has 0 unspecified atom stereocenters. The molecule has 0 atom stereocenters. The number of nitrogens with zero attached hydrogens (tertiary/aromatic N) is 3. The van der Waals surface area contributed by atoms with E-state index in [1.54, 1.807) is 31.5 Å². The van der Waals surface area contributed by atoms with Crippen LogP contribution in [0.15, 0.2) is 76.3 Å². The van der Waals surface area contributed by atoms with E-state index in [4.69, 9.17) is 26.1 Å². The quantitative estimate of drug-likeness (QED) is 0.213. The van der Waals surface area contributed by atoms with Crippen molar-refractivity contribution in [1.82, 2.24) is 15.3 Å². The Hall–Kier alpha value is -3.30. The highest BCUT2D eigenvalue weighted by Gasteiger charge is 2.16. The molecular formula is C29H26BrClN4O3. The van der Waals surface area contributed by atoms with E-state index in [1.807, 2.05) is 48.5 Å². The van der Waals surface area contributed by atoms with Gasteiger partial charge in [0.2, 0.25) is 0 Å². The van der Waals surface area contributed by atoms with E-state index in [9.17, 15) is 4.79 Å². The third-order valence-corrected chi connectivity index (χ3v) is 7.08. The Labute approximate surface area is 234 Å². The van der Waals surface area contributed by atoms with Gasteiger partial charge in [0, 0.05) is 45.6 Å². The summed E-state index contributed by atoms with van der Waals surface area (Å²) in [6.07, 6.45) is 1.64. The highest BCUT2D eigenvalue weighted by atomic mass is 79.9. The van der Waals surface area contributed by atoms with Crippen LogP contribution in [0.25, 0.3) is 22.2 Å². The molecular weight excluding hydrogens is 568 g/mol. The van der Waals surface area contributed by atoms with Crippen LogP contribution < -0.4 is 10.2 Å². The van der Waals surface area contributed by atoms with Crippen molar-refractivity contribution in [2.45, 2.75) is 6.54 Å². The molecule has 0 radical (unpaired) electrons. The Bertz CT molecular complexity index is 1490. The fraction of sp³-hybridized carbons (Fsp3) is 0.207. The molecule has 194 valence electrons. The number of fused-ring (bicyclic) bond motifs is 1. The van der Waals surface area contributed by atoms with Crippen molar-refractivity contribution in [2.24, 2.45) is 5.10 Å². The maximum Gasteiger partial charge on any atom is 0.272 e. The lowest BCUT2D eigenvalue weighted by atomic mass is 10.0. The lowest BCUT2D eigenvalue weighted by Crippen LogP contribution is -2.35. The summed E-state index contributed by atoms with van der Waals surface area (Å²) >= 11 is 9.56. The number of aromatic nitrogens is 1. The number of morpholine rings is 1. The number of rotatable bonds is 7. The van der Waals surface area contributed by atoms with Crippen molar-refractivity contribution < 1.29 is 14.3 Å². The van der Waals surface area contributed by atoms with Gasteiger partial charge in [-0.25, -0.2) is 10.4 Å². The number of nitrogens with one attached hydrogen (secondary N) is 1. The number of hydrazone groups is 1. The first kappa shape index (κ1) is 26.3. The number of carbonyl (C=O) groups is 1. The number of benzene rings is 3. The van der Waals surface area contributed by atoms with Gasteiger partial charge in [-0.1, -0.05) is 39.7 Å². The lowest BCUT2D eigenvalue weighted by molar-refractivity contribution is 0.0339. The molecule has 1 amide bonds. The average Bonchev–Trinajstić information content (AvgIpc) is 2.93. The number of methoxy groups -OCH3 is 1. The van der Waals surface area contributed by atoms with Gasteiger partial charge in [-0.15, -0.1) is 0 Å². The second-order valence-corrected chi connectivity index (χ2v) is 10.2. The standard InChI is InChI=1S/C29H26BrClN4O3/c1-37-28-9-2-19(14-21(28)18-35-10-12-38-13-11-35)17-32-34-29(36)25-16-27(20-3-6-23(31)7-4-20)33-26-8-5-22(30)15-24(25)26/h2-9,14-17H,10-13,18H2,1H3,(H,34,36)/b32-17-. The molecule has 1 aromatic heterocycles. The summed E-state index contributed by atoms with van der Waals surface area (Å²) in [5.41, 5.74) is 7.32. The van der Waals surface area contributed by atoms with Crippen LogP contribution in [-0.4, -0.2) is 55.4 Å². The van der Waals surface area contributed by atoms with E-state index in [-0.39, 0.29) is 5.91 Å². The summed E-state index contributed by atoms with van der Waals surface area (Å²) in [5.74, 6) is 0.491. The fourth-order valence-electron chi connectivity index (χ4n) is 4.38. The predicted octanol–water partition coefficient (Wildman–Crippen LogP) is 5.92. The summed E-state index contributed by atoms with van der Waals surface area (Å²) in [5, 5.41) is 5.62. The van der Waals surface area contributed by atoms with Gasteiger partial charge < -0.3 is 9.47 Å². The zero-order chi connectivity index (χ0) is 26.5. The minimum Gasteiger partial charge on any atom is -0.496 e. The van der Waals surface area contributed by atoms with Crippen LogP contribution in [0.2, 0.25) is 5.02 Å². The summed E-state index contributed by atoms with van der Waals surface area (Å²) in [6.45, 7) is 3.98. The van der Waals surface area contributed by atoms with E-state index >= 15 is 0 Å². The van der Waals surface area contributed by atoms with Crippen molar-refractivity contribution in [1.29, 1.82) is 0 Å². The normalized spacial score (nSPS) is 14.2. The molecule has 2 heterocycles. The SMILES string of the molecule is COc1ccc(/C=N\NC(=O)c2cc(-c3ccc(Cl)cc3)nc3ccc(Br)cc23)cc1CN1CCOCC1. The fourth-order valence-corrected chi connectivity index (χ4v) is 4.87. The van der Waals surface area contributed by atoms with Gasteiger partial charge in [0.15, 0.2) is 0 Å². The van der Waals surface area contributed by atoms with Crippen molar-refractivity contribution in [2.75, 3.05) is 33.4 Å². The van der Waals surface area contributed by atoms with Crippen LogP contribution in [-0.2, 0) is 11.3 Å². The van der Waals surface area contributed by atoms with Gasteiger partial charge in [-0.3, -0.25) is 9.69 Å². The molecule has 1 aliphatic rings. The number of ether oxygens (including phenoxy) is 2. The molecule has 9 heteroatoms. The number of amides is 1. The molecule has 7 nitrogen and oxygen atoms in total. The molecule has 0 bridgehead atoms. The third-order valence-electron chi connectivity index (χ3n) is 6.34. The molecule has 38 heavy (non-hydrogen) atoms. The third kappa shape index (κ3) is 6.22. The lowest BCUT2D eigenvalue weighted by Gasteiger charge is -2.27. The summed E-state index contributed by atoms with van der Waals surface area (Å²) in [4.78, 5) is 20.4. The molecule has 0 spiro atoms. The topological polar surface area (TPSA) is 76.0 Å². The van der Waals surface area contributed by atoms with E-state index in [0.717, 1.165) is 65.1 Å². The molecule has 3 aromatic carbocycles. The molecule has 0 saturated carbocycles. The summed E-state index contributed by atoms with van der Waals surface area (Å²) in [7, 11) is 1.67. The van der Waals surface area contributed by atoms with Gasteiger partial charge in [0.25, 0.3) is 5.91 Å². The largest absolute Gasteiger partial charge is 0.496 e. The van der Waals surface area contributed by atoms with Gasteiger partial charge in [0.05, 0.1) is 43.3 Å². The van der Waals surface area contributed by atoms with Crippen LogP contribution in [0.1, 0.15) is 21.5 Å². The molecule has 1 aliphatic heterocycles. The predicted molar refractivity (Wildman–Crippen MR) is 154 cm³/mol. The summed E-state index contributed by atoms with van der Waals surface area (Å²) < 4.78 is 11.9. The Morgan fingerprint density at radius 2 is 1.92 bits per heavy atom. The Morgan fingerprint density at radius 3 is 2.68 bits per heavy atom.